The van der Waals surface area contributed by atoms with Crippen molar-refractivity contribution in [2.24, 2.45) is 0 Å². The van der Waals surface area contributed by atoms with Gasteiger partial charge in [0, 0.05) is 55.1 Å². The number of morpholine rings is 1. The quantitative estimate of drug-likeness (QED) is 0.769. The Labute approximate surface area is 177 Å². The number of carbonyl (C=O) groups is 2. The van der Waals surface area contributed by atoms with Crippen LogP contribution in [0.25, 0.3) is 5.70 Å². The molecule has 2 aliphatic heterocycles. The molecule has 0 aliphatic carbocycles. The maximum absolute atomic E-state index is 12.5. The highest BCUT2D eigenvalue weighted by Crippen LogP contribution is 2.31. The molecule has 2 aromatic rings. The van der Waals surface area contributed by atoms with Crippen molar-refractivity contribution >= 4 is 23.2 Å². The summed E-state index contributed by atoms with van der Waals surface area (Å²) in [5, 5.41) is 2.92. The molecule has 0 saturated carbocycles. The van der Waals surface area contributed by atoms with Gasteiger partial charge in [-0.15, -0.1) is 0 Å². The van der Waals surface area contributed by atoms with E-state index in [9.17, 15) is 9.59 Å². The van der Waals surface area contributed by atoms with Crippen molar-refractivity contribution in [2.45, 2.75) is 12.8 Å². The molecule has 0 radical (unpaired) electrons. The molecule has 6 nitrogen and oxygen atoms in total. The van der Waals surface area contributed by atoms with Crippen LogP contribution in [0.15, 0.2) is 55.1 Å². The van der Waals surface area contributed by atoms with Crippen molar-refractivity contribution in [3.05, 3.63) is 71.8 Å². The second kappa shape index (κ2) is 9.24. The average molecular weight is 405 g/mol. The predicted octanol–water partition coefficient (Wildman–Crippen LogP) is 3.02. The third-order valence-electron chi connectivity index (χ3n) is 5.66. The van der Waals surface area contributed by atoms with E-state index in [0.29, 0.717) is 17.8 Å². The zero-order valence-electron chi connectivity index (χ0n) is 17.1. The molecule has 1 fully saturated rings. The number of rotatable bonds is 7. The van der Waals surface area contributed by atoms with E-state index in [1.54, 1.807) is 11.0 Å². The molecule has 1 saturated heterocycles. The highest BCUT2D eigenvalue weighted by atomic mass is 16.5. The third kappa shape index (κ3) is 4.61. The van der Waals surface area contributed by atoms with Gasteiger partial charge >= 0.3 is 0 Å². The molecule has 0 spiro atoms. The number of fused-ring (bicyclic) bond motifs is 1. The van der Waals surface area contributed by atoms with Crippen LogP contribution in [0.5, 0.6) is 0 Å². The monoisotopic (exact) mass is 405 g/mol. The fourth-order valence-electron chi connectivity index (χ4n) is 3.87. The number of nitrogens with one attached hydrogen (secondary N) is 1. The summed E-state index contributed by atoms with van der Waals surface area (Å²) in [6.45, 7) is 8.96. The van der Waals surface area contributed by atoms with Crippen molar-refractivity contribution in [3.8, 4) is 0 Å². The maximum Gasteiger partial charge on any atom is 0.258 e. The van der Waals surface area contributed by atoms with Crippen LogP contribution in [-0.4, -0.2) is 61.0 Å². The predicted molar refractivity (Wildman–Crippen MR) is 117 cm³/mol. The standard InChI is InChI=1S/C24H27N3O3/c1-18-21-4-2-3-5-22(21)24(29)27(18)13-11-23(28)25-20-8-6-19(7-9-20)10-12-26-14-16-30-17-15-26/h2-9H,1,10-17H2,(H,25,28). The number of hydrogen-bond acceptors (Lipinski definition) is 4. The Morgan fingerprint density at radius 3 is 2.40 bits per heavy atom. The van der Waals surface area contributed by atoms with Gasteiger partial charge in [-0.3, -0.25) is 14.5 Å². The van der Waals surface area contributed by atoms with Crippen LogP contribution in [0.1, 0.15) is 27.9 Å². The fourth-order valence-corrected chi connectivity index (χ4v) is 3.87. The van der Waals surface area contributed by atoms with Crippen molar-refractivity contribution in [3.63, 3.8) is 0 Å². The number of nitrogens with zero attached hydrogens (tertiary/aromatic N) is 2. The minimum Gasteiger partial charge on any atom is -0.379 e. The van der Waals surface area contributed by atoms with E-state index in [2.05, 4.69) is 28.9 Å². The van der Waals surface area contributed by atoms with Crippen molar-refractivity contribution in [1.29, 1.82) is 0 Å². The number of amides is 2. The number of carbonyl (C=O) groups excluding carboxylic acids is 2. The summed E-state index contributed by atoms with van der Waals surface area (Å²) >= 11 is 0. The van der Waals surface area contributed by atoms with Gasteiger partial charge in [0.05, 0.1) is 13.2 Å². The van der Waals surface area contributed by atoms with Crippen LogP contribution in [0.2, 0.25) is 0 Å². The first-order valence-electron chi connectivity index (χ1n) is 10.4. The number of ether oxygens (including phenoxy) is 1. The van der Waals surface area contributed by atoms with Gasteiger partial charge in [0.2, 0.25) is 5.91 Å². The van der Waals surface area contributed by atoms with Gasteiger partial charge < -0.3 is 15.0 Å². The van der Waals surface area contributed by atoms with Gasteiger partial charge in [0.15, 0.2) is 0 Å². The largest absolute Gasteiger partial charge is 0.379 e. The van der Waals surface area contributed by atoms with E-state index in [0.717, 1.165) is 50.5 Å². The van der Waals surface area contributed by atoms with Gasteiger partial charge in [0.25, 0.3) is 5.91 Å². The molecular formula is C24H27N3O3. The van der Waals surface area contributed by atoms with Crippen molar-refractivity contribution < 1.29 is 14.3 Å². The van der Waals surface area contributed by atoms with Crippen LogP contribution in [-0.2, 0) is 16.0 Å². The minimum absolute atomic E-state index is 0.0898. The summed E-state index contributed by atoms with van der Waals surface area (Å²) in [5.74, 6) is -0.208. The molecule has 30 heavy (non-hydrogen) atoms. The molecule has 0 atom stereocenters. The van der Waals surface area contributed by atoms with E-state index >= 15 is 0 Å². The highest BCUT2D eigenvalue weighted by molar-refractivity contribution is 6.09. The first-order valence-corrected chi connectivity index (χ1v) is 10.4. The summed E-state index contributed by atoms with van der Waals surface area (Å²) in [4.78, 5) is 28.9. The minimum atomic E-state index is -0.118. The van der Waals surface area contributed by atoms with Crippen molar-refractivity contribution in [2.75, 3.05) is 44.7 Å². The third-order valence-corrected chi connectivity index (χ3v) is 5.66. The molecule has 2 amide bonds. The summed E-state index contributed by atoms with van der Waals surface area (Å²) in [7, 11) is 0. The molecule has 2 aliphatic rings. The number of hydrogen-bond donors (Lipinski definition) is 1. The Balaban J connectivity index is 1.24. The molecule has 0 bridgehead atoms. The van der Waals surface area contributed by atoms with Crippen LogP contribution < -0.4 is 5.32 Å². The average Bonchev–Trinajstić information content (AvgIpc) is 3.02. The highest BCUT2D eigenvalue weighted by Gasteiger charge is 2.30. The van der Waals surface area contributed by atoms with E-state index in [4.69, 9.17) is 4.74 Å². The second-order valence-electron chi connectivity index (χ2n) is 7.65. The fraction of sp³-hybridized carbons (Fsp3) is 0.333. The Bertz CT molecular complexity index is 898. The summed E-state index contributed by atoms with van der Waals surface area (Å²) < 4.78 is 5.38. The lowest BCUT2D eigenvalue weighted by atomic mass is 10.1. The molecular weight excluding hydrogens is 378 g/mol. The summed E-state index contributed by atoms with van der Waals surface area (Å²) in [6.07, 6.45) is 1.20. The molecule has 0 unspecified atom stereocenters. The van der Waals surface area contributed by atoms with E-state index in [1.165, 1.54) is 5.56 Å². The van der Waals surface area contributed by atoms with Crippen LogP contribution in [0.4, 0.5) is 5.69 Å². The second-order valence-corrected chi connectivity index (χ2v) is 7.65. The molecule has 2 aromatic carbocycles. The zero-order chi connectivity index (χ0) is 20.9. The smallest absolute Gasteiger partial charge is 0.258 e. The van der Waals surface area contributed by atoms with Crippen molar-refractivity contribution in [1.82, 2.24) is 9.80 Å². The molecule has 156 valence electrons. The Morgan fingerprint density at radius 1 is 1.00 bits per heavy atom. The van der Waals surface area contributed by atoms with E-state index < -0.39 is 0 Å². The Morgan fingerprint density at radius 2 is 1.70 bits per heavy atom. The Hall–Kier alpha value is -2.96. The molecule has 6 heteroatoms. The lowest BCUT2D eigenvalue weighted by molar-refractivity contribution is -0.116. The van der Waals surface area contributed by atoms with Gasteiger partial charge in [0.1, 0.15) is 0 Å². The molecule has 2 heterocycles. The molecule has 0 aromatic heterocycles. The summed E-state index contributed by atoms with van der Waals surface area (Å²) in [6, 6.07) is 15.4. The van der Waals surface area contributed by atoms with Gasteiger partial charge in [-0.25, -0.2) is 0 Å². The number of anilines is 1. The SMILES string of the molecule is C=C1c2ccccc2C(=O)N1CCC(=O)Nc1ccc(CCN2CCOCC2)cc1. The molecule has 1 N–H and O–H groups in total. The van der Waals surface area contributed by atoms with Crippen LogP contribution >= 0.6 is 0 Å². The van der Waals surface area contributed by atoms with Crippen LogP contribution in [0.3, 0.4) is 0 Å². The first kappa shape index (κ1) is 20.3. The van der Waals surface area contributed by atoms with E-state index in [1.807, 2.05) is 30.3 Å². The van der Waals surface area contributed by atoms with E-state index in [-0.39, 0.29) is 18.2 Å². The zero-order valence-corrected chi connectivity index (χ0v) is 17.1. The normalized spacial score (nSPS) is 16.6. The van der Waals surface area contributed by atoms with Gasteiger partial charge in [-0.2, -0.15) is 0 Å². The topological polar surface area (TPSA) is 61.9 Å². The van der Waals surface area contributed by atoms with Gasteiger partial charge in [-0.05, 0) is 30.2 Å². The van der Waals surface area contributed by atoms with Gasteiger partial charge in [-0.1, -0.05) is 36.9 Å². The summed E-state index contributed by atoms with van der Waals surface area (Å²) in [5.41, 5.74) is 4.17. The van der Waals surface area contributed by atoms with Crippen LogP contribution in [0, 0.1) is 0 Å². The maximum atomic E-state index is 12.5. The number of benzene rings is 2. The molecule has 4 rings (SSSR count). The Kier molecular flexibility index (Phi) is 6.26. The first-order chi connectivity index (χ1) is 14.6. The lowest BCUT2D eigenvalue weighted by Crippen LogP contribution is -2.37. The lowest BCUT2D eigenvalue weighted by Gasteiger charge is -2.26.